The van der Waals surface area contributed by atoms with Gasteiger partial charge in [0.05, 0.1) is 11.5 Å². The zero-order chi connectivity index (χ0) is 15.2. The number of rotatable bonds is 2. The molecular weight excluding hydrogens is 354 g/mol. The Kier molecular flexibility index (Phi) is 3.86. The Hall–Kier alpha value is -0.880. The van der Waals surface area contributed by atoms with Crippen LogP contribution in [-0.4, -0.2) is 32.9 Å². The number of anilines is 1. The molecular formula is C15H18BrNO3S. The van der Waals surface area contributed by atoms with Crippen LogP contribution in [0, 0.1) is 5.92 Å². The van der Waals surface area contributed by atoms with Crippen molar-refractivity contribution in [2.45, 2.75) is 24.1 Å². The maximum absolute atomic E-state index is 11.7. The highest BCUT2D eigenvalue weighted by molar-refractivity contribution is 9.09. The fourth-order valence-electron chi connectivity index (χ4n) is 3.17. The molecule has 0 aliphatic carbocycles. The fraction of sp³-hybridized carbons (Fsp3) is 0.533. The first kappa shape index (κ1) is 15.0. The Balaban J connectivity index is 1.86. The van der Waals surface area contributed by atoms with E-state index in [1.54, 1.807) is 11.9 Å². The molecule has 1 amide bonds. The highest BCUT2D eigenvalue weighted by Crippen LogP contribution is 2.39. The van der Waals surface area contributed by atoms with E-state index in [1.165, 1.54) is 5.56 Å². The molecule has 1 aromatic carbocycles. The van der Waals surface area contributed by atoms with Crippen LogP contribution in [0.2, 0.25) is 0 Å². The predicted molar refractivity (Wildman–Crippen MR) is 86.6 cm³/mol. The number of aryl methyl sites for hydroxylation is 1. The second-order valence-corrected chi connectivity index (χ2v) is 9.12. The molecule has 21 heavy (non-hydrogen) atoms. The number of carbonyl (C=O) groups excluding carboxylic acids is 1. The van der Waals surface area contributed by atoms with Crippen LogP contribution in [0.4, 0.5) is 5.69 Å². The highest BCUT2D eigenvalue weighted by Gasteiger charge is 2.33. The average Bonchev–Trinajstić information content (AvgIpc) is 2.82. The van der Waals surface area contributed by atoms with Crippen molar-refractivity contribution < 1.29 is 13.2 Å². The number of sulfone groups is 1. The summed E-state index contributed by atoms with van der Waals surface area (Å²) in [7, 11) is -1.06. The smallest absolute Gasteiger partial charge is 0.227 e. The Morgan fingerprint density at radius 2 is 2.10 bits per heavy atom. The molecule has 2 atom stereocenters. The largest absolute Gasteiger partial charge is 0.315 e. The third-order valence-electron chi connectivity index (χ3n) is 4.45. The van der Waals surface area contributed by atoms with Crippen LogP contribution in [0.15, 0.2) is 18.2 Å². The summed E-state index contributed by atoms with van der Waals surface area (Å²) in [5, 5.41) is 0. The van der Waals surface area contributed by atoms with Gasteiger partial charge in [-0.25, -0.2) is 8.42 Å². The summed E-state index contributed by atoms with van der Waals surface area (Å²) in [4.78, 5) is 13.5. The van der Waals surface area contributed by atoms with E-state index in [1.807, 2.05) is 12.1 Å². The van der Waals surface area contributed by atoms with Gasteiger partial charge in [0.15, 0.2) is 9.84 Å². The molecule has 0 N–H and O–H groups in total. The number of fused-ring (bicyclic) bond motifs is 1. The molecule has 2 unspecified atom stereocenters. The van der Waals surface area contributed by atoms with E-state index < -0.39 is 9.84 Å². The van der Waals surface area contributed by atoms with E-state index in [0.717, 1.165) is 17.7 Å². The normalized spacial score (nSPS) is 25.7. The number of hydrogen-bond acceptors (Lipinski definition) is 3. The van der Waals surface area contributed by atoms with Gasteiger partial charge >= 0.3 is 0 Å². The molecule has 2 heterocycles. The van der Waals surface area contributed by atoms with Crippen molar-refractivity contribution in [1.82, 2.24) is 0 Å². The molecule has 1 aromatic rings. The van der Waals surface area contributed by atoms with Crippen LogP contribution in [0.25, 0.3) is 0 Å². The maximum Gasteiger partial charge on any atom is 0.227 e. The molecule has 3 rings (SSSR count). The van der Waals surface area contributed by atoms with Gasteiger partial charge < -0.3 is 4.90 Å². The minimum absolute atomic E-state index is 0.0583. The van der Waals surface area contributed by atoms with Gasteiger partial charge in [-0.3, -0.25) is 4.79 Å². The van der Waals surface area contributed by atoms with Gasteiger partial charge in [0.2, 0.25) is 5.91 Å². The van der Waals surface area contributed by atoms with Crippen molar-refractivity contribution in [3.8, 4) is 0 Å². The van der Waals surface area contributed by atoms with E-state index in [4.69, 9.17) is 0 Å². The Morgan fingerprint density at radius 1 is 1.33 bits per heavy atom. The molecule has 0 spiro atoms. The minimum atomic E-state index is -2.86. The van der Waals surface area contributed by atoms with Crippen LogP contribution in [-0.2, 0) is 21.1 Å². The number of carbonyl (C=O) groups is 1. The number of alkyl halides is 1. The summed E-state index contributed by atoms with van der Waals surface area (Å²) in [6, 6.07) is 6.08. The third-order valence-corrected chi connectivity index (χ3v) is 7.52. The predicted octanol–water partition coefficient (Wildman–Crippen LogP) is 2.47. The number of amides is 1. The van der Waals surface area contributed by atoms with Gasteiger partial charge in [-0.1, -0.05) is 28.1 Å². The Morgan fingerprint density at radius 3 is 2.76 bits per heavy atom. The molecule has 0 radical (unpaired) electrons. The van der Waals surface area contributed by atoms with E-state index in [-0.39, 0.29) is 22.4 Å². The van der Waals surface area contributed by atoms with Crippen molar-refractivity contribution in [3.05, 3.63) is 29.3 Å². The fourth-order valence-corrected chi connectivity index (χ4v) is 6.00. The Labute approximate surface area is 133 Å². The van der Waals surface area contributed by atoms with Crippen molar-refractivity contribution in [1.29, 1.82) is 0 Å². The van der Waals surface area contributed by atoms with E-state index in [9.17, 15) is 13.2 Å². The van der Waals surface area contributed by atoms with Crippen molar-refractivity contribution >= 4 is 37.4 Å². The van der Waals surface area contributed by atoms with Crippen LogP contribution < -0.4 is 4.90 Å². The molecule has 0 bridgehead atoms. The zero-order valence-electron chi connectivity index (χ0n) is 11.9. The lowest BCUT2D eigenvalue weighted by atomic mass is 9.94. The second-order valence-electron chi connectivity index (χ2n) is 5.91. The van der Waals surface area contributed by atoms with Gasteiger partial charge in [-0.2, -0.15) is 0 Å². The molecule has 0 saturated carbocycles. The zero-order valence-corrected chi connectivity index (χ0v) is 14.3. The molecule has 2 aliphatic rings. The maximum atomic E-state index is 11.7. The van der Waals surface area contributed by atoms with Gasteiger partial charge in [-0.05, 0) is 36.0 Å². The summed E-state index contributed by atoms with van der Waals surface area (Å²) < 4.78 is 23.2. The SMILES string of the molecule is CN1C(=O)CCc2cc(C(Br)C3CCS(=O)(=O)C3)ccc21. The van der Waals surface area contributed by atoms with E-state index >= 15 is 0 Å². The lowest BCUT2D eigenvalue weighted by Crippen LogP contribution is -2.31. The van der Waals surface area contributed by atoms with E-state index in [2.05, 4.69) is 22.0 Å². The lowest BCUT2D eigenvalue weighted by molar-refractivity contribution is -0.118. The molecule has 6 heteroatoms. The number of hydrogen-bond donors (Lipinski definition) is 0. The summed E-state index contributed by atoms with van der Waals surface area (Å²) in [5.41, 5.74) is 3.24. The number of nitrogens with zero attached hydrogens (tertiary/aromatic N) is 1. The first-order valence-electron chi connectivity index (χ1n) is 7.11. The average molecular weight is 372 g/mol. The summed E-state index contributed by atoms with van der Waals surface area (Å²) in [5.74, 6) is 0.837. The van der Waals surface area contributed by atoms with Crippen LogP contribution in [0.5, 0.6) is 0 Å². The second kappa shape index (κ2) is 5.39. The monoisotopic (exact) mass is 371 g/mol. The summed E-state index contributed by atoms with van der Waals surface area (Å²) in [6.45, 7) is 0. The third kappa shape index (κ3) is 2.88. The Bertz CT molecular complexity index is 686. The molecule has 1 fully saturated rings. The van der Waals surface area contributed by atoms with Crippen molar-refractivity contribution in [2.24, 2.45) is 5.92 Å². The quantitative estimate of drug-likeness (QED) is 0.750. The van der Waals surface area contributed by atoms with Gasteiger partial charge in [0.1, 0.15) is 0 Å². The standard InChI is InChI=1S/C15H18BrNO3S/c1-17-13-4-2-11(8-10(13)3-5-14(17)18)15(16)12-6-7-21(19,20)9-12/h2,4,8,12,15H,3,5-7,9H2,1H3. The molecule has 1 saturated heterocycles. The van der Waals surface area contributed by atoms with Crippen LogP contribution in [0.1, 0.15) is 28.8 Å². The van der Waals surface area contributed by atoms with Crippen molar-refractivity contribution in [2.75, 3.05) is 23.5 Å². The molecule has 4 nitrogen and oxygen atoms in total. The van der Waals surface area contributed by atoms with Gasteiger partial charge in [0.25, 0.3) is 0 Å². The number of benzene rings is 1. The van der Waals surface area contributed by atoms with E-state index in [0.29, 0.717) is 18.6 Å². The van der Waals surface area contributed by atoms with Gasteiger partial charge in [-0.15, -0.1) is 0 Å². The first-order chi connectivity index (χ1) is 9.87. The minimum Gasteiger partial charge on any atom is -0.315 e. The number of halogens is 1. The first-order valence-corrected chi connectivity index (χ1v) is 9.85. The summed E-state index contributed by atoms with van der Waals surface area (Å²) >= 11 is 3.67. The molecule has 114 valence electrons. The van der Waals surface area contributed by atoms with Gasteiger partial charge in [0, 0.05) is 24.0 Å². The van der Waals surface area contributed by atoms with Crippen LogP contribution in [0.3, 0.4) is 0 Å². The highest BCUT2D eigenvalue weighted by atomic mass is 79.9. The molecule has 2 aliphatic heterocycles. The topological polar surface area (TPSA) is 54.5 Å². The lowest BCUT2D eigenvalue weighted by Gasteiger charge is -2.27. The molecule has 0 aromatic heterocycles. The summed E-state index contributed by atoms with van der Waals surface area (Å²) in [6.07, 6.45) is 2.01. The van der Waals surface area contributed by atoms with Crippen LogP contribution >= 0.6 is 15.9 Å². The van der Waals surface area contributed by atoms with Crippen molar-refractivity contribution in [3.63, 3.8) is 0 Å².